The highest BCUT2D eigenvalue weighted by Gasteiger charge is 2.22. The van der Waals surface area contributed by atoms with Crippen molar-refractivity contribution in [2.24, 2.45) is 0 Å². The molecule has 0 radical (unpaired) electrons. The minimum atomic E-state index is -0.216. The molecular formula is C15H23BrN2O. The summed E-state index contributed by atoms with van der Waals surface area (Å²) in [7, 11) is 0. The molecule has 0 spiro atoms. The van der Waals surface area contributed by atoms with E-state index in [1.54, 1.807) is 0 Å². The van der Waals surface area contributed by atoms with Gasteiger partial charge in [-0.05, 0) is 60.3 Å². The first kappa shape index (κ1) is 14.9. The Morgan fingerprint density at radius 3 is 3.00 bits per heavy atom. The number of aliphatic hydroxyl groups excluding tert-OH is 1. The Hall–Kier alpha value is -0.450. The topological polar surface area (TPSA) is 36.4 Å². The van der Waals surface area contributed by atoms with E-state index in [4.69, 9.17) is 0 Å². The van der Waals surface area contributed by atoms with Gasteiger partial charge in [-0.1, -0.05) is 12.8 Å². The van der Waals surface area contributed by atoms with Gasteiger partial charge in [-0.3, -0.25) is 9.88 Å². The lowest BCUT2D eigenvalue weighted by Gasteiger charge is -2.30. The van der Waals surface area contributed by atoms with Crippen LogP contribution in [0, 0.1) is 0 Å². The number of aliphatic hydroxyl groups is 1. The monoisotopic (exact) mass is 326 g/mol. The van der Waals surface area contributed by atoms with E-state index in [0.29, 0.717) is 6.04 Å². The highest BCUT2D eigenvalue weighted by atomic mass is 79.9. The van der Waals surface area contributed by atoms with Crippen LogP contribution in [0.5, 0.6) is 0 Å². The van der Waals surface area contributed by atoms with Crippen molar-refractivity contribution >= 4 is 15.9 Å². The number of aromatic nitrogens is 1. The molecule has 1 saturated heterocycles. The summed E-state index contributed by atoms with van der Waals surface area (Å²) >= 11 is 3.48. The third kappa shape index (κ3) is 4.86. The molecule has 1 aliphatic heterocycles. The summed E-state index contributed by atoms with van der Waals surface area (Å²) in [5.74, 6) is 0. The molecule has 2 heterocycles. The van der Waals surface area contributed by atoms with Crippen LogP contribution in [0.4, 0.5) is 0 Å². The average Bonchev–Trinajstić information content (AvgIpc) is 2.55. The van der Waals surface area contributed by atoms with Gasteiger partial charge in [0.15, 0.2) is 0 Å². The molecule has 1 aliphatic rings. The average molecular weight is 327 g/mol. The van der Waals surface area contributed by atoms with Gasteiger partial charge in [-0.15, -0.1) is 0 Å². The van der Waals surface area contributed by atoms with Crippen LogP contribution in [0.15, 0.2) is 22.9 Å². The summed E-state index contributed by atoms with van der Waals surface area (Å²) in [6.45, 7) is 3.96. The van der Waals surface area contributed by atoms with Gasteiger partial charge in [0.1, 0.15) is 0 Å². The molecule has 1 fully saturated rings. The lowest BCUT2D eigenvalue weighted by Crippen LogP contribution is -2.36. The van der Waals surface area contributed by atoms with Gasteiger partial charge in [0.2, 0.25) is 0 Å². The molecule has 0 saturated carbocycles. The predicted molar refractivity (Wildman–Crippen MR) is 80.9 cm³/mol. The van der Waals surface area contributed by atoms with E-state index in [0.717, 1.165) is 24.0 Å². The standard InChI is InChI=1S/C15H23BrN2O/c1-12(19)7-15-5-3-2-4-6-18(15)11-13-8-14(16)10-17-9-13/h8-10,12,15,19H,2-7,11H2,1H3. The first-order valence-electron chi connectivity index (χ1n) is 7.16. The zero-order valence-electron chi connectivity index (χ0n) is 11.6. The maximum atomic E-state index is 9.68. The van der Waals surface area contributed by atoms with E-state index in [2.05, 4.69) is 31.9 Å². The van der Waals surface area contributed by atoms with Gasteiger partial charge < -0.3 is 5.11 Å². The van der Waals surface area contributed by atoms with Gasteiger partial charge in [0, 0.05) is 29.5 Å². The van der Waals surface area contributed by atoms with Crippen molar-refractivity contribution in [2.45, 2.75) is 57.7 Å². The van der Waals surface area contributed by atoms with E-state index >= 15 is 0 Å². The second-order valence-corrected chi connectivity index (χ2v) is 6.49. The smallest absolute Gasteiger partial charge is 0.0527 e. The molecule has 3 nitrogen and oxygen atoms in total. The van der Waals surface area contributed by atoms with Gasteiger partial charge in [0.25, 0.3) is 0 Å². The van der Waals surface area contributed by atoms with Crippen LogP contribution in [-0.2, 0) is 6.54 Å². The molecule has 0 amide bonds. The lowest BCUT2D eigenvalue weighted by molar-refractivity contribution is 0.108. The molecule has 106 valence electrons. The molecule has 0 bridgehead atoms. The van der Waals surface area contributed by atoms with Crippen molar-refractivity contribution in [2.75, 3.05) is 6.54 Å². The Kier molecular flexibility index (Phi) is 5.79. The van der Waals surface area contributed by atoms with Crippen LogP contribution in [0.25, 0.3) is 0 Å². The maximum Gasteiger partial charge on any atom is 0.0527 e. The Balaban J connectivity index is 2.05. The van der Waals surface area contributed by atoms with Gasteiger partial charge in [0.05, 0.1) is 6.10 Å². The molecule has 1 N–H and O–H groups in total. The summed E-state index contributed by atoms with van der Waals surface area (Å²) in [6.07, 6.45) is 9.47. The number of rotatable bonds is 4. The normalized spacial score (nSPS) is 23.0. The number of halogens is 1. The van der Waals surface area contributed by atoms with Crippen molar-refractivity contribution in [3.8, 4) is 0 Å². The SMILES string of the molecule is CC(O)CC1CCCCCN1Cc1cncc(Br)c1. The molecule has 19 heavy (non-hydrogen) atoms. The summed E-state index contributed by atoms with van der Waals surface area (Å²) in [5.41, 5.74) is 1.24. The van der Waals surface area contributed by atoms with Crippen molar-refractivity contribution < 1.29 is 5.11 Å². The Bertz CT molecular complexity index is 397. The molecule has 2 unspecified atom stereocenters. The lowest BCUT2D eigenvalue weighted by atomic mass is 10.0. The number of hydrogen-bond acceptors (Lipinski definition) is 3. The van der Waals surface area contributed by atoms with E-state index in [1.807, 2.05) is 19.3 Å². The van der Waals surface area contributed by atoms with Gasteiger partial charge in [-0.2, -0.15) is 0 Å². The molecule has 1 aromatic heterocycles. The zero-order valence-corrected chi connectivity index (χ0v) is 13.1. The highest BCUT2D eigenvalue weighted by Crippen LogP contribution is 2.23. The Labute approximate surface area is 124 Å². The van der Waals surface area contributed by atoms with Crippen molar-refractivity contribution in [3.63, 3.8) is 0 Å². The number of nitrogens with zero attached hydrogens (tertiary/aromatic N) is 2. The molecule has 1 aromatic rings. The fourth-order valence-electron chi connectivity index (χ4n) is 2.88. The first-order valence-corrected chi connectivity index (χ1v) is 7.96. The molecular weight excluding hydrogens is 304 g/mol. The molecule has 0 aromatic carbocycles. The van der Waals surface area contributed by atoms with Crippen LogP contribution in [0.3, 0.4) is 0 Å². The zero-order chi connectivity index (χ0) is 13.7. The van der Waals surface area contributed by atoms with Gasteiger partial charge in [-0.25, -0.2) is 0 Å². The van der Waals surface area contributed by atoms with Crippen LogP contribution in [-0.4, -0.2) is 33.7 Å². The van der Waals surface area contributed by atoms with Crippen molar-refractivity contribution in [3.05, 3.63) is 28.5 Å². The third-order valence-electron chi connectivity index (χ3n) is 3.76. The van der Waals surface area contributed by atoms with Crippen molar-refractivity contribution in [1.29, 1.82) is 0 Å². The van der Waals surface area contributed by atoms with E-state index in [9.17, 15) is 5.11 Å². The Morgan fingerprint density at radius 2 is 2.26 bits per heavy atom. The van der Waals surface area contributed by atoms with Crippen LogP contribution >= 0.6 is 15.9 Å². The van der Waals surface area contributed by atoms with Crippen LogP contribution in [0.2, 0.25) is 0 Å². The second-order valence-electron chi connectivity index (χ2n) is 5.57. The van der Waals surface area contributed by atoms with Gasteiger partial charge >= 0.3 is 0 Å². The predicted octanol–water partition coefficient (Wildman–Crippen LogP) is 3.36. The first-order chi connectivity index (χ1) is 9.15. The minimum absolute atomic E-state index is 0.216. The number of pyridine rings is 1. The quantitative estimate of drug-likeness (QED) is 0.921. The highest BCUT2D eigenvalue weighted by molar-refractivity contribution is 9.10. The largest absolute Gasteiger partial charge is 0.393 e. The Morgan fingerprint density at radius 1 is 1.42 bits per heavy atom. The van der Waals surface area contributed by atoms with E-state index in [-0.39, 0.29) is 6.10 Å². The molecule has 4 heteroatoms. The number of hydrogen-bond donors (Lipinski definition) is 1. The molecule has 2 rings (SSSR count). The summed E-state index contributed by atoms with van der Waals surface area (Å²) in [6, 6.07) is 2.64. The summed E-state index contributed by atoms with van der Waals surface area (Å²) in [4.78, 5) is 6.75. The second kappa shape index (κ2) is 7.36. The fraction of sp³-hybridized carbons (Fsp3) is 0.667. The third-order valence-corrected chi connectivity index (χ3v) is 4.19. The molecule has 2 atom stereocenters. The minimum Gasteiger partial charge on any atom is -0.393 e. The van der Waals surface area contributed by atoms with Crippen molar-refractivity contribution in [1.82, 2.24) is 9.88 Å². The van der Waals surface area contributed by atoms with Crippen LogP contribution < -0.4 is 0 Å². The summed E-state index contributed by atoms with van der Waals surface area (Å²) < 4.78 is 1.03. The summed E-state index contributed by atoms with van der Waals surface area (Å²) in [5, 5.41) is 9.68. The molecule has 0 aliphatic carbocycles. The fourth-order valence-corrected chi connectivity index (χ4v) is 3.29. The maximum absolute atomic E-state index is 9.68. The van der Waals surface area contributed by atoms with E-state index < -0.39 is 0 Å². The number of likely N-dealkylation sites (tertiary alicyclic amines) is 1. The van der Waals surface area contributed by atoms with E-state index in [1.165, 1.54) is 31.2 Å². The van der Waals surface area contributed by atoms with Crippen LogP contribution in [0.1, 0.15) is 44.6 Å².